The normalized spacial score (nSPS) is 22.7. The van der Waals surface area contributed by atoms with E-state index < -0.39 is 16.1 Å². The first-order valence-corrected chi connectivity index (χ1v) is 11.6. The second-order valence-electron chi connectivity index (χ2n) is 7.32. The molecule has 3 aliphatic rings. The van der Waals surface area contributed by atoms with Gasteiger partial charge < -0.3 is 23.8 Å². The van der Waals surface area contributed by atoms with E-state index in [0.29, 0.717) is 64.1 Å². The number of nitrogens with one attached hydrogen (secondary N) is 1. The van der Waals surface area contributed by atoms with Gasteiger partial charge in [-0.2, -0.15) is 0 Å². The Labute approximate surface area is 176 Å². The van der Waals surface area contributed by atoms with Crippen molar-refractivity contribution in [2.24, 2.45) is 0 Å². The van der Waals surface area contributed by atoms with Crippen molar-refractivity contribution in [1.82, 2.24) is 14.5 Å². The topological polar surface area (TPSA) is 107 Å². The van der Waals surface area contributed by atoms with Crippen molar-refractivity contribution in [3.8, 4) is 11.5 Å². The lowest BCUT2D eigenvalue weighted by Gasteiger charge is -2.32. The molecule has 3 heterocycles. The molecule has 0 bridgehead atoms. The summed E-state index contributed by atoms with van der Waals surface area (Å²) in [6.45, 7) is 5.99. The van der Waals surface area contributed by atoms with Crippen LogP contribution in [0.2, 0.25) is 0 Å². The molecular weight excluding hydrogens is 414 g/mol. The lowest BCUT2D eigenvalue weighted by molar-refractivity contribution is -0.145. The highest BCUT2D eigenvalue weighted by Gasteiger charge is 2.32. The van der Waals surface area contributed by atoms with E-state index in [-0.39, 0.29) is 17.4 Å². The van der Waals surface area contributed by atoms with E-state index in [1.807, 2.05) is 0 Å². The van der Waals surface area contributed by atoms with Gasteiger partial charge in [-0.3, -0.25) is 9.69 Å². The van der Waals surface area contributed by atoms with Crippen LogP contribution in [0.5, 0.6) is 11.5 Å². The number of hydrogen-bond acceptors (Lipinski definition) is 8. The van der Waals surface area contributed by atoms with E-state index in [2.05, 4.69) is 9.62 Å². The largest absolute Gasteiger partial charge is 0.485 e. The number of amides is 1. The first kappa shape index (κ1) is 21.3. The Hall–Kier alpha value is -1.92. The van der Waals surface area contributed by atoms with Crippen LogP contribution in [0.1, 0.15) is 0 Å². The molecule has 0 saturated carbocycles. The number of morpholine rings is 2. The lowest BCUT2D eigenvalue weighted by Crippen LogP contribution is -2.50. The molecule has 4 rings (SSSR count). The minimum absolute atomic E-state index is 0.0388. The number of fused-ring (bicyclic) bond motifs is 1. The van der Waals surface area contributed by atoms with Gasteiger partial charge in [-0.1, -0.05) is 0 Å². The zero-order chi connectivity index (χ0) is 21.0. The first-order chi connectivity index (χ1) is 14.5. The summed E-state index contributed by atoms with van der Waals surface area (Å²) >= 11 is 0. The SMILES string of the molecule is O=C(C1COc2cc(S(=O)(=O)NCCN3CCOCC3)ccc2O1)N1CCOCC1. The quantitative estimate of drug-likeness (QED) is 0.618. The van der Waals surface area contributed by atoms with Gasteiger partial charge in [0.05, 0.1) is 31.3 Å². The van der Waals surface area contributed by atoms with Gasteiger partial charge in [0, 0.05) is 45.3 Å². The average molecular weight is 442 g/mol. The van der Waals surface area contributed by atoms with Crippen LogP contribution < -0.4 is 14.2 Å². The molecular formula is C19H27N3O7S. The summed E-state index contributed by atoms with van der Waals surface area (Å²) in [5, 5.41) is 0. The Bertz CT molecular complexity index is 852. The number of ether oxygens (including phenoxy) is 4. The third-order valence-corrected chi connectivity index (χ3v) is 6.77. The minimum Gasteiger partial charge on any atom is -0.485 e. The molecule has 0 radical (unpaired) electrons. The molecule has 1 unspecified atom stereocenters. The predicted octanol–water partition coefficient (Wildman–Crippen LogP) is -0.704. The summed E-state index contributed by atoms with van der Waals surface area (Å²) in [6.07, 6.45) is -0.746. The molecule has 166 valence electrons. The van der Waals surface area contributed by atoms with Crippen LogP contribution in [0.3, 0.4) is 0 Å². The van der Waals surface area contributed by atoms with Crippen molar-refractivity contribution < 1.29 is 32.2 Å². The van der Waals surface area contributed by atoms with Crippen LogP contribution in [0.15, 0.2) is 23.1 Å². The fourth-order valence-electron chi connectivity index (χ4n) is 3.57. The van der Waals surface area contributed by atoms with E-state index in [4.69, 9.17) is 18.9 Å². The molecule has 2 fully saturated rings. The van der Waals surface area contributed by atoms with Crippen LogP contribution in [0, 0.1) is 0 Å². The van der Waals surface area contributed by atoms with Crippen molar-refractivity contribution in [2.75, 3.05) is 72.3 Å². The fourth-order valence-corrected chi connectivity index (χ4v) is 4.61. The predicted molar refractivity (Wildman–Crippen MR) is 106 cm³/mol. The molecule has 1 aromatic rings. The molecule has 3 aliphatic heterocycles. The van der Waals surface area contributed by atoms with Gasteiger partial charge in [0.1, 0.15) is 6.61 Å². The molecule has 1 amide bonds. The second kappa shape index (κ2) is 9.48. The average Bonchev–Trinajstić information content (AvgIpc) is 2.79. The smallest absolute Gasteiger partial charge is 0.267 e. The van der Waals surface area contributed by atoms with Gasteiger partial charge in [0.2, 0.25) is 16.1 Å². The van der Waals surface area contributed by atoms with Crippen LogP contribution in [0.25, 0.3) is 0 Å². The van der Waals surface area contributed by atoms with Gasteiger partial charge in [-0.15, -0.1) is 0 Å². The third kappa shape index (κ3) is 5.03. The van der Waals surface area contributed by atoms with Gasteiger partial charge in [-0.25, -0.2) is 13.1 Å². The molecule has 0 aromatic heterocycles. The summed E-state index contributed by atoms with van der Waals surface area (Å²) in [5.74, 6) is 0.530. The van der Waals surface area contributed by atoms with Crippen molar-refractivity contribution in [3.63, 3.8) is 0 Å². The van der Waals surface area contributed by atoms with Gasteiger partial charge in [0.15, 0.2) is 11.5 Å². The molecule has 1 aromatic carbocycles. The zero-order valence-electron chi connectivity index (χ0n) is 16.7. The Kier molecular flexibility index (Phi) is 6.74. The van der Waals surface area contributed by atoms with Crippen LogP contribution in [-0.2, 0) is 24.3 Å². The standard InChI is InChI=1S/C19H27N3O7S/c23-19(22-7-11-27-12-8-22)18-14-28-17-13-15(1-2-16(17)29-18)30(24,25)20-3-4-21-5-9-26-10-6-21/h1-2,13,18,20H,3-12,14H2. The zero-order valence-corrected chi connectivity index (χ0v) is 17.6. The second-order valence-corrected chi connectivity index (χ2v) is 9.08. The monoisotopic (exact) mass is 441 g/mol. The number of carbonyl (C=O) groups excluding carboxylic acids is 1. The summed E-state index contributed by atoms with van der Waals surface area (Å²) in [4.78, 5) is 16.5. The van der Waals surface area contributed by atoms with E-state index in [0.717, 1.165) is 13.1 Å². The Balaban J connectivity index is 1.35. The summed E-state index contributed by atoms with van der Waals surface area (Å²) in [7, 11) is -3.67. The van der Waals surface area contributed by atoms with E-state index in [1.165, 1.54) is 18.2 Å². The third-order valence-electron chi connectivity index (χ3n) is 5.31. The number of hydrogen-bond donors (Lipinski definition) is 1. The molecule has 11 heteroatoms. The highest BCUT2D eigenvalue weighted by atomic mass is 32.2. The molecule has 1 atom stereocenters. The number of rotatable bonds is 6. The van der Waals surface area contributed by atoms with E-state index >= 15 is 0 Å². The number of carbonyl (C=O) groups is 1. The molecule has 0 spiro atoms. The molecule has 10 nitrogen and oxygen atoms in total. The molecule has 0 aliphatic carbocycles. The maximum atomic E-state index is 12.6. The number of nitrogens with zero attached hydrogens (tertiary/aromatic N) is 2. The van der Waals surface area contributed by atoms with Crippen molar-refractivity contribution in [3.05, 3.63) is 18.2 Å². The molecule has 1 N–H and O–H groups in total. The van der Waals surface area contributed by atoms with Gasteiger partial charge >= 0.3 is 0 Å². The lowest BCUT2D eigenvalue weighted by atomic mass is 10.2. The van der Waals surface area contributed by atoms with Crippen molar-refractivity contribution in [2.45, 2.75) is 11.0 Å². The minimum atomic E-state index is -3.67. The number of benzene rings is 1. The molecule has 30 heavy (non-hydrogen) atoms. The van der Waals surface area contributed by atoms with Crippen LogP contribution in [-0.4, -0.2) is 103 Å². The summed E-state index contributed by atoms with van der Waals surface area (Å²) in [6, 6.07) is 4.42. The summed E-state index contributed by atoms with van der Waals surface area (Å²) in [5.41, 5.74) is 0. The molecule has 2 saturated heterocycles. The fraction of sp³-hybridized carbons (Fsp3) is 0.632. The van der Waals surface area contributed by atoms with Gasteiger partial charge in [-0.05, 0) is 12.1 Å². The summed E-state index contributed by atoms with van der Waals surface area (Å²) < 4.78 is 49.9. The van der Waals surface area contributed by atoms with Crippen LogP contribution >= 0.6 is 0 Å². The van der Waals surface area contributed by atoms with E-state index in [9.17, 15) is 13.2 Å². The van der Waals surface area contributed by atoms with Crippen molar-refractivity contribution >= 4 is 15.9 Å². The highest BCUT2D eigenvalue weighted by Crippen LogP contribution is 2.34. The Morgan fingerprint density at radius 2 is 1.73 bits per heavy atom. The Morgan fingerprint density at radius 1 is 1.03 bits per heavy atom. The Morgan fingerprint density at radius 3 is 2.47 bits per heavy atom. The van der Waals surface area contributed by atoms with Crippen molar-refractivity contribution in [1.29, 1.82) is 0 Å². The van der Waals surface area contributed by atoms with Crippen LogP contribution in [0.4, 0.5) is 0 Å². The maximum Gasteiger partial charge on any atom is 0.267 e. The first-order valence-electron chi connectivity index (χ1n) is 10.1. The highest BCUT2D eigenvalue weighted by molar-refractivity contribution is 7.89. The van der Waals surface area contributed by atoms with E-state index in [1.54, 1.807) is 4.90 Å². The number of sulfonamides is 1. The maximum absolute atomic E-state index is 12.6. The van der Waals surface area contributed by atoms with Gasteiger partial charge in [0.25, 0.3) is 5.91 Å².